The number of fused-ring (bicyclic) bond motifs is 1. The normalized spacial score (nSPS) is 19.1. The smallest absolute Gasteiger partial charge is 0.255 e. The van der Waals surface area contributed by atoms with E-state index >= 15 is 0 Å². The maximum atomic E-state index is 13.6. The first-order chi connectivity index (χ1) is 13.2. The number of pyridine rings is 1. The minimum absolute atomic E-state index is 0.0148. The summed E-state index contributed by atoms with van der Waals surface area (Å²) in [5, 5.41) is 21.1. The van der Waals surface area contributed by atoms with Gasteiger partial charge in [-0.25, -0.2) is 4.98 Å². The van der Waals surface area contributed by atoms with E-state index in [1.165, 1.54) is 0 Å². The Balaban J connectivity index is 1.84. The molecule has 7 nitrogen and oxygen atoms in total. The van der Waals surface area contributed by atoms with Gasteiger partial charge in [-0.1, -0.05) is 0 Å². The molecule has 2 aromatic heterocycles. The Bertz CT molecular complexity index is 1040. The van der Waals surface area contributed by atoms with Gasteiger partial charge in [-0.05, 0) is 58.0 Å². The summed E-state index contributed by atoms with van der Waals surface area (Å²) < 4.78 is 0. The van der Waals surface area contributed by atoms with Gasteiger partial charge < -0.3 is 15.3 Å². The maximum absolute atomic E-state index is 13.6. The molecule has 1 aromatic carbocycles. The van der Waals surface area contributed by atoms with Crippen LogP contribution < -0.4 is 5.32 Å². The second-order valence-corrected chi connectivity index (χ2v) is 8.20. The molecule has 3 heterocycles. The van der Waals surface area contributed by atoms with Gasteiger partial charge in [0.1, 0.15) is 5.75 Å². The summed E-state index contributed by atoms with van der Waals surface area (Å²) in [6.45, 7) is 9.55. The van der Waals surface area contributed by atoms with Crippen LogP contribution in [0, 0.1) is 6.92 Å². The van der Waals surface area contributed by atoms with Crippen LogP contribution in [0.3, 0.4) is 0 Å². The fraction of sp³-hybridized carbons (Fsp3) is 0.381. The van der Waals surface area contributed by atoms with Gasteiger partial charge in [-0.15, -0.1) is 0 Å². The number of piperazine rings is 1. The molecular weight excluding hydrogens is 354 g/mol. The molecule has 1 unspecified atom stereocenters. The number of amides is 1. The molecule has 0 saturated carbocycles. The van der Waals surface area contributed by atoms with Gasteiger partial charge in [0.05, 0.1) is 16.6 Å². The molecule has 7 heteroatoms. The molecule has 0 bridgehead atoms. The Morgan fingerprint density at radius 1 is 1.29 bits per heavy atom. The summed E-state index contributed by atoms with van der Waals surface area (Å²) in [5.41, 5.74) is 3.29. The molecule has 1 atom stereocenters. The average molecular weight is 379 g/mol. The van der Waals surface area contributed by atoms with Crippen LogP contribution >= 0.6 is 0 Å². The summed E-state index contributed by atoms with van der Waals surface area (Å²) in [4.78, 5) is 20.1. The van der Waals surface area contributed by atoms with Crippen molar-refractivity contribution in [2.24, 2.45) is 0 Å². The second-order valence-electron chi connectivity index (χ2n) is 8.20. The third-order valence-electron chi connectivity index (χ3n) is 5.33. The van der Waals surface area contributed by atoms with Crippen molar-refractivity contribution in [1.29, 1.82) is 0 Å². The number of rotatable bonds is 2. The molecule has 1 aliphatic heterocycles. The van der Waals surface area contributed by atoms with Gasteiger partial charge in [0.25, 0.3) is 5.91 Å². The number of hydrogen-bond donors (Lipinski definition) is 3. The minimum Gasteiger partial charge on any atom is -0.508 e. The van der Waals surface area contributed by atoms with E-state index in [0.29, 0.717) is 23.4 Å². The first-order valence-corrected chi connectivity index (χ1v) is 9.46. The number of nitrogens with zero attached hydrogens (tertiary/aromatic N) is 3. The highest BCUT2D eigenvalue weighted by atomic mass is 16.3. The number of benzene rings is 1. The predicted molar refractivity (Wildman–Crippen MR) is 108 cm³/mol. The first kappa shape index (κ1) is 18.4. The highest BCUT2D eigenvalue weighted by Crippen LogP contribution is 2.29. The van der Waals surface area contributed by atoms with E-state index in [1.807, 2.05) is 17.9 Å². The maximum Gasteiger partial charge on any atom is 0.255 e. The fourth-order valence-corrected chi connectivity index (χ4v) is 3.72. The molecule has 0 aliphatic carbocycles. The molecule has 3 aromatic rings. The number of hydrogen-bond acceptors (Lipinski definition) is 5. The molecule has 28 heavy (non-hydrogen) atoms. The van der Waals surface area contributed by atoms with E-state index in [1.54, 1.807) is 24.3 Å². The molecule has 0 radical (unpaired) electrons. The SMILES string of the molecule is Cc1[nH]nc2nc(-c3ccc(O)cc3)cc(C(=O)N3CC(C)(C)NCC3C)c12. The lowest BCUT2D eigenvalue weighted by atomic mass is 9.97. The van der Waals surface area contributed by atoms with Crippen LogP contribution in [-0.2, 0) is 0 Å². The number of carbonyl (C=O) groups excluding carboxylic acids is 1. The number of H-pyrrole nitrogens is 1. The molecule has 1 amide bonds. The molecule has 3 N–H and O–H groups in total. The number of aromatic nitrogens is 3. The number of aromatic amines is 1. The van der Waals surface area contributed by atoms with Crippen molar-refractivity contribution in [3.63, 3.8) is 0 Å². The van der Waals surface area contributed by atoms with Gasteiger partial charge in [-0.3, -0.25) is 9.89 Å². The van der Waals surface area contributed by atoms with Crippen LogP contribution in [0.25, 0.3) is 22.3 Å². The van der Waals surface area contributed by atoms with E-state index in [9.17, 15) is 9.90 Å². The highest BCUT2D eigenvalue weighted by Gasteiger charge is 2.34. The van der Waals surface area contributed by atoms with E-state index in [-0.39, 0.29) is 23.2 Å². The van der Waals surface area contributed by atoms with Crippen molar-refractivity contribution in [2.75, 3.05) is 13.1 Å². The number of phenols is 1. The van der Waals surface area contributed by atoms with Gasteiger partial charge in [0.2, 0.25) is 0 Å². The lowest BCUT2D eigenvalue weighted by Gasteiger charge is -2.43. The summed E-state index contributed by atoms with van der Waals surface area (Å²) in [6, 6.07) is 8.72. The monoisotopic (exact) mass is 379 g/mol. The van der Waals surface area contributed by atoms with Crippen molar-refractivity contribution in [1.82, 2.24) is 25.4 Å². The van der Waals surface area contributed by atoms with Crippen LogP contribution in [0.2, 0.25) is 0 Å². The van der Waals surface area contributed by atoms with Gasteiger partial charge in [0, 0.05) is 35.9 Å². The lowest BCUT2D eigenvalue weighted by Crippen LogP contribution is -2.62. The number of aryl methyl sites for hydroxylation is 1. The van der Waals surface area contributed by atoms with Crippen LogP contribution in [0.15, 0.2) is 30.3 Å². The summed E-state index contributed by atoms with van der Waals surface area (Å²) in [6.07, 6.45) is 0. The highest BCUT2D eigenvalue weighted by molar-refractivity contribution is 6.07. The van der Waals surface area contributed by atoms with Crippen molar-refractivity contribution >= 4 is 16.9 Å². The van der Waals surface area contributed by atoms with Crippen LogP contribution in [0.5, 0.6) is 5.75 Å². The zero-order chi connectivity index (χ0) is 20.1. The predicted octanol–water partition coefficient (Wildman–Crippen LogP) is 2.85. The lowest BCUT2D eigenvalue weighted by molar-refractivity contribution is 0.0535. The van der Waals surface area contributed by atoms with E-state index in [0.717, 1.165) is 23.2 Å². The molecule has 1 aliphatic rings. The quantitative estimate of drug-likeness (QED) is 0.637. The van der Waals surface area contributed by atoms with E-state index in [4.69, 9.17) is 0 Å². The summed E-state index contributed by atoms with van der Waals surface area (Å²) in [5.74, 6) is 0.174. The number of phenolic OH excluding ortho intramolecular Hbond substituents is 1. The Morgan fingerprint density at radius 2 is 2.00 bits per heavy atom. The van der Waals surface area contributed by atoms with Crippen LogP contribution in [-0.4, -0.2) is 55.8 Å². The van der Waals surface area contributed by atoms with Crippen molar-refractivity contribution in [2.45, 2.75) is 39.3 Å². The molecule has 4 rings (SSSR count). The zero-order valence-corrected chi connectivity index (χ0v) is 16.6. The van der Waals surface area contributed by atoms with E-state index < -0.39 is 0 Å². The third kappa shape index (κ3) is 3.22. The number of carbonyl (C=O) groups is 1. The standard InChI is InChI=1S/C21H25N5O2/c1-12-10-22-21(3,4)11-26(12)20(28)16-9-17(14-5-7-15(27)8-6-14)23-19-18(16)13(2)24-25-19/h5-9,12,22,27H,10-11H2,1-4H3,(H,23,24,25). The van der Waals surface area contributed by atoms with Crippen molar-refractivity contribution < 1.29 is 9.90 Å². The number of nitrogens with one attached hydrogen (secondary N) is 2. The molecule has 146 valence electrons. The zero-order valence-electron chi connectivity index (χ0n) is 16.6. The van der Waals surface area contributed by atoms with E-state index in [2.05, 4.69) is 41.3 Å². The van der Waals surface area contributed by atoms with Crippen LogP contribution in [0.1, 0.15) is 36.8 Å². The fourth-order valence-electron chi connectivity index (χ4n) is 3.72. The summed E-state index contributed by atoms with van der Waals surface area (Å²) in [7, 11) is 0. The molecule has 0 spiro atoms. The first-order valence-electron chi connectivity index (χ1n) is 9.46. The Morgan fingerprint density at radius 3 is 2.71 bits per heavy atom. The molecule has 1 saturated heterocycles. The topological polar surface area (TPSA) is 94.1 Å². The van der Waals surface area contributed by atoms with Crippen molar-refractivity contribution in [3.8, 4) is 17.0 Å². The minimum atomic E-state index is -0.139. The summed E-state index contributed by atoms with van der Waals surface area (Å²) >= 11 is 0. The number of aromatic hydroxyl groups is 1. The Hall–Kier alpha value is -2.93. The largest absolute Gasteiger partial charge is 0.508 e. The van der Waals surface area contributed by atoms with Gasteiger partial charge in [-0.2, -0.15) is 5.10 Å². The third-order valence-corrected chi connectivity index (χ3v) is 5.33. The van der Waals surface area contributed by atoms with Crippen LogP contribution in [0.4, 0.5) is 0 Å². The molecular formula is C21H25N5O2. The Kier molecular flexibility index (Phi) is 4.34. The van der Waals surface area contributed by atoms with Crippen molar-refractivity contribution in [3.05, 3.63) is 41.6 Å². The average Bonchev–Trinajstić information content (AvgIpc) is 3.04. The van der Waals surface area contributed by atoms with Gasteiger partial charge >= 0.3 is 0 Å². The molecule has 1 fully saturated rings. The second kappa shape index (κ2) is 6.60. The Labute approximate surface area is 163 Å². The van der Waals surface area contributed by atoms with Gasteiger partial charge in [0.15, 0.2) is 5.65 Å².